The van der Waals surface area contributed by atoms with Gasteiger partial charge in [-0.1, -0.05) is 25.8 Å². The maximum absolute atomic E-state index is 12.4. The van der Waals surface area contributed by atoms with Gasteiger partial charge in [0.05, 0.1) is 6.54 Å². The Hall–Kier alpha value is -0.960. The number of nitrogens with zero attached hydrogens (tertiary/aromatic N) is 2. The molecule has 6 nitrogen and oxygen atoms in total. The summed E-state index contributed by atoms with van der Waals surface area (Å²) in [6.07, 6.45) is 5.84. The zero-order valence-corrected chi connectivity index (χ0v) is 16.7. The molecule has 2 heterocycles. The molecule has 0 radical (unpaired) electrons. The molecule has 0 bridgehead atoms. The number of hydrogen-bond donors (Lipinski definition) is 1. The van der Waals surface area contributed by atoms with Crippen LogP contribution >= 0.6 is 11.3 Å². The van der Waals surface area contributed by atoms with Crippen molar-refractivity contribution in [3.8, 4) is 0 Å². The van der Waals surface area contributed by atoms with E-state index in [1.807, 2.05) is 0 Å². The van der Waals surface area contributed by atoms with E-state index in [2.05, 4.69) is 17.1 Å². The van der Waals surface area contributed by atoms with Gasteiger partial charge in [-0.2, -0.15) is 4.31 Å². The number of carbonyl (C=O) groups is 1. The van der Waals surface area contributed by atoms with Gasteiger partial charge in [0.2, 0.25) is 5.91 Å². The molecule has 1 aromatic rings. The lowest BCUT2D eigenvalue weighted by molar-refractivity contribution is -0.121. The van der Waals surface area contributed by atoms with E-state index in [4.69, 9.17) is 0 Å². The topological polar surface area (TPSA) is 69.7 Å². The average molecular weight is 388 g/mol. The third-order valence-corrected chi connectivity index (χ3v) is 7.79. The van der Waals surface area contributed by atoms with Crippen molar-refractivity contribution in [2.24, 2.45) is 0 Å². The summed E-state index contributed by atoms with van der Waals surface area (Å²) in [5, 5.41) is 4.64. The number of unbranched alkanes of at least 4 members (excludes halogenated alkanes) is 1. The molecule has 1 aromatic heterocycles. The Morgan fingerprint density at radius 3 is 2.92 bits per heavy atom. The maximum atomic E-state index is 12.4. The Labute approximate surface area is 155 Å². The van der Waals surface area contributed by atoms with Crippen molar-refractivity contribution in [2.45, 2.75) is 49.3 Å². The first kappa shape index (κ1) is 20.4. The molecule has 1 fully saturated rings. The SMILES string of the molecule is CCCCN1CCCCC1CNC(=O)CN(C)S(=O)(=O)c1cccs1. The van der Waals surface area contributed by atoms with Gasteiger partial charge < -0.3 is 5.32 Å². The third kappa shape index (κ3) is 5.77. The molecule has 1 atom stereocenters. The van der Waals surface area contributed by atoms with Gasteiger partial charge >= 0.3 is 0 Å². The zero-order valence-electron chi connectivity index (χ0n) is 15.1. The minimum absolute atomic E-state index is 0.151. The summed E-state index contributed by atoms with van der Waals surface area (Å²) in [7, 11) is -2.13. The molecule has 0 aromatic carbocycles. The summed E-state index contributed by atoms with van der Waals surface area (Å²) < 4.78 is 26.1. The van der Waals surface area contributed by atoms with Crippen LogP contribution in [0.3, 0.4) is 0 Å². The fourth-order valence-electron chi connectivity index (χ4n) is 3.09. The van der Waals surface area contributed by atoms with E-state index in [9.17, 15) is 13.2 Å². The summed E-state index contributed by atoms with van der Waals surface area (Å²) >= 11 is 1.16. The number of thiophene rings is 1. The van der Waals surface area contributed by atoms with Gasteiger partial charge in [-0.25, -0.2) is 8.42 Å². The lowest BCUT2D eigenvalue weighted by Crippen LogP contribution is -2.48. The number of rotatable bonds is 9. The van der Waals surface area contributed by atoms with Crippen LogP contribution in [0.4, 0.5) is 0 Å². The molecule has 0 saturated carbocycles. The number of hydrogen-bond acceptors (Lipinski definition) is 5. The van der Waals surface area contributed by atoms with Gasteiger partial charge in [0.15, 0.2) is 0 Å². The number of carbonyl (C=O) groups excluding carboxylic acids is 1. The molecule has 142 valence electrons. The monoisotopic (exact) mass is 387 g/mol. The van der Waals surface area contributed by atoms with Crippen molar-refractivity contribution < 1.29 is 13.2 Å². The summed E-state index contributed by atoms with van der Waals surface area (Å²) in [4.78, 5) is 14.7. The van der Waals surface area contributed by atoms with Crippen molar-refractivity contribution in [2.75, 3.05) is 33.2 Å². The van der Waals surface area contributed by atoms with Crippen LogP contribution in [-0.4, -0.2) is 62.8 Å². The van der Waals surface area contributed by atoms with Crippen LogP contribution in [0, 0.1) is 0 Å². The molecule has 1 unspecified atom stereocenters. The lowest BCUT2D eigenvalue weighted by Gasteiger charge is -2.35. The standard InChI is InChI=1S/C17H29N3O3S2/c1-3-4-10-20-11-6-5-8-15(20)13-18-16(21)14-19(2)25(22,23)17-9-7-12-24-17/h7,9,12,15H,3-6,8,10-11,13-14H2,1-2H3,(H,18,21). The number of amides is 1. The second-order valence-electron chi connectivity index (χ2n) is 6.54. The van der Waals surface area contributed by atoms with Crippen LogP contribution < -0.4 is 5.32 Å². The maximum Gasteiger partial charge on any atom is 0.252 e. The van der Waals surface area contributed by atoms with E-state index < -0.39 is 10.0 Å². The Morgan fingerprint density at radius 1 is 1.44 bits per heavy atom. The quantitative estimate of drug-likeness (QED) is 0.705. The van der Waals surface area contributed by atoms with Gasteiger partial charge in [-0.3, -0.25) is 9.69 Å². The number of piperidine rings is 1. The summed E-state index contributed by atoms with van der Waals surface area (Å²) in [6, 6.07) is 3.62. The van der Waals surface area contributed by atoms with Crippen molar-refractivity contribution in [3.05, 3.63) is 17.5 Å². The molecule has 8 heteroatoms. The largest absolute Gasteiger partial charge is 0.353 e. The normalized spacial score (nSPS) is 19.2. The Bertz CT molecular complexity index is 632. The fourth-order valence-corrected chi connectivity index (χ4v) is 5.41. The van der Waals surface area contributed by atoms with Gasteiger partial charge in [-0.05, 0) is 43.8 Å². The average Bonchev–Trinajstić information content (AvgIpc) is 3.14. The molecule has 2 rings (SSSR count). The van der Waals surface area contributed by atoms with Crippen LogP contribution in [0.25, 0.3) is 0 Å². The molecular formula is C17H29N3O3S2. The first-order valence-corrected chi connectivity index (χ1v) is 11.3. The van der Waals surface area contributed by atoms with Crippen LogP contribution in [0.15, 0.2) is 21.7 Å². The molecule has 1 aliphatic heterocycles. The highest BCUT2D eigenvalue weighted by Gasteiger charge is 2.25. The van der Waals surface area contributed by atoms with E-state index in [1.54, 1.807) is 17.5 Å². The highest BCUT2D eigenvalue weighted by atomic mass is 32.2. The lowest BCUT2D eigenvalue weighted by atomic mass is 10.0. The third-order valence-electron chi connectivity index (χ3n) is 4.61. The number of likely N-dealkylation sites (tertiary alicyclic amines) is 1. The van der Waals surface area contributed by atoms with Crippen LogP contribution in [0.1, 0.15) is 39.0 Å². The van der Waals surface area contributed by atoms with E-state index in [1.165, 1.54) is 32.7 Å². The predicted molar refractivity (Wildman–Crippen MR) is 101 cm³/mol. The smallest absolute Gasteiger partial charge is 0.252 e. The summed E-state index contributed by atoms with van der Waals surface area (Å²) in [5.74, 6) is -0.247. The summed E-state index contributed by atoms with van der Waals surface area (Å²) in [5.41, 5.74) is 0. The highest BCUT2D eigenvalue weighted by Crippen LogP contribution is 2.20. The molecule has 0 spiro atoms. The van der Waals surface area contributed by atoms with Gasteiger partial charge in [0.1, 0.15) is 4.21 Å². The van der Waals surface area contributed by atoms with Crippen LogP contribution in [-0.2, 0) is 14.8 Å². The fraction of sp³-hybridized carbons (Fsp3) is 0.706. The first-order valence-electron chi connectivity index (χ1n) is 8.95. The van der Waals surface area contributed by atoms with E-state index in [0.29, 0.717) is 12.6 Å². The molecule has 1 aliphatic rings. The van der Waals surface area contributed by atoms with Crippen LogP contribution in [0.5, 0.6) is 0 Å². The number of nitrogens with one attached hydrogen (secondary N) is 1. The Kier molecular flexibility index (Phi) is 7.86. The molecule has 1 N–H and O–H groups in total. The Morgan fingerprint density at radius 2 is 2.24 bits per heavy atom. The van der Waals surface area contributed by atoms with Gasteiger partial charge in [0.25, 0.3) is 10.0 Å². The van der Waals surface area contributed by atoms with E-state index in [-0.39, 0.29) is 16.7 Å². The van der Waals surface area contributed by atoms with Crippen molar-refractivity contribution in [1.29, 1.82) is 0 Å². The van der Waals surface area contributed by atoms with Crippen molar-refractivity contribution in [1.82, 2.24) is 14.5 Å². The second kappa shape index (κ2) is 9.66. The zero-order chi connectivity index (χ0) is 18.3. The number of likely N-dealkylation sites (N-methyl/N-ethyl adjacent to an activating group) is 1. The van der Waals surface area contributed by atoms with Gasteiger partial charge in [0, 0.05) is 19.6 Å². The van der Waals surface area contributed by atoms with E-state index >= 15 is 0 Å². The molecular weight excluding hydrogens is 358 g/mol. The first-order chi connectivity index (χ1) is 11.9. The molecule has 1 amide bonds. The second-order valence-corrected chi connectivity index (χ2v) is 9.76. The number of sulfonamides is 1. The molecule has 1 saturated heterocycles. The minimum atomic E-state index is -3.58. The van der Waals surface area contributed by atoms with Crippen molar-refractivity contribution >= 4 is 27.3 Å². The van der Waals surface area contributed by atoms with Gasteiger partial charge in [-0.15, -0.1) is 11.3 Å². The predicted octanol–water partition coefficient (Wildman–Crippen LogP) is 2.14. The molecule has 25 heavy (non-hydrogen) atoms. The van der Waals surface area contributed by atoms with Crippen molar-refractivity contribution in [3.63, 3.8) is 0 Å². The highest BCUT2D eigenvalue weighted by molar-refractivity contribution is 7.91. The molecule has 0 aliphatic carbocycles. The minimum Gasteiger partial charge on any atom is -0.353 e. The summed E-state index contributed by atoms with van der Waals surface area (Å²) in [6.45, 7) is 4.79. The van der Waals surface area contributed by atoms with E-state index in [0.717, 1.165) is 35.2 Å². The Balaban J connectivity index is 1.83. The van der Waals surface area contributed by atoms with Crippen LogP contribution in [0.2, 0.25) is 0 Å².